The van der Waals surface area contributed by atoms with E-state index in [0.29, 0.717) is 18.8 Å². The number of hydrogen-bond acceptors (Lipinski definition) is 3. The van der Waals surface area contributed by atoms with Crippen molar-refractivity contribution in [3.05, 3.63) is 115 Å². The minimum absolute atomic E-state index is 0. The number of anilines is 1. The molecule has 4 nitrogen and oxygen atoms in total. The van der Waals surface area contributed by atoms with Gasteiger partial charge < -0.3 is 12.3 Å². The first-order valence-corrected chi connectivity index (χ1v) is 10.2. The first kappa shape index (κ1) is 23.4. The summed E-state index contributed by atoms with van der Waals surface area (Å²) in [5, 5.41) is 2.19. The van der Waals surface area contributed by atoms with Gasteiger partial charge in [-0.05, 0) is 41.8 Å². The molecule has 0 radical (unpaired) electrons. The molecule has 0 unspecified atom stereocenters. The number of pyridine rings is 2. The van der Waals surface area contributed by atoms with Gasteiger partial charge in [-0.2, -0.15) is 0 Å². The fourth-order valence-electron chi connectivity index (χ4n) is 3.20. The van der Waals surface area contributed by atoms with Crippen LogP contribution in [0.3, 0.4) is 0 Å². The van der Waals surface area contributed by atoms with Crippen molar-refractivity contribution in [3.63, 3.8) is 0 Å². The van der Waals surface area contributed by atoms with Crippen LogP contribution in [0.1, 0.15) is 11.4 Å². The second-order valence-corrected chi connectivity index (χ2v) is 6.29. The third-order valence-corrected chi connectivity index (χ3v) is 4.47. The maximum absolute atomic E-state index is 7.25. The van der Waals surface area contributed by atoms with Crippen LogP contribution >= 0.6 is 10.1 Å². The Kier molecular flexibility index (Phi) is 9.31. The van der Waals surface area contributed by atoms with Crippen LogP contribution < -0.4 is 4.90 Å². The van der Waals surface area contributed by atoms with E-state index in [1.807, 2.05) is 79.1 Å². The van der Waals surface area contributed by atoms with Crippen LogP contribution in [-0.4, -0.2) is 9.97 Å². The Morgan fingerprint density at radius 3 is 2.00 bits per heavy atom. The molecule has 0 aliphatic heterocycles. The number of nitrogens with zero attached hydrogens (tertiary/aromatic N) is 4. The molecule has 0 N–H and O–H groups in total. The topological polar surface area (TPSA) is 33.4 Å². The summed E-state index contributed by atoms with van der Waals surface area (Å²) >= 11 is 3.66. The number of hydrogen-bond donors (Lipinski definition) is 0. The molecule has 2 aromatic heterocycles. The van der Waals surface area contributed by atoms with Gasteiger partial charge in [-0.1, -0.05) is 36.4 Å². The Hall–Kier alpha value is -2.90. The van der Waals surface area contributed by atoms with Crippen molar-refractivity contribution in [1.29, 1.82) is 0 Å². The summed E-state index contributed by atoms with van der Waals surface area (Å²) in [6.45, 7) is 8.62. The molecule has 0 fully saturated rings. The molecule has 0 saturated carbocycles. The van der Waals surface area contributed by atoms with Crippen LogP contribution in [0.15, 0.2) is 85.2 Å². The average molecular weight is 464 g/mol. The zero-order chi connectivity index (χ0) is 20.5. The van der Waals surface area contributed by atoms with Crippen LogP contribution in [0.4, 0.5) is 11.4 Å². The summed E-state index contributed by atoms with van der Waals surface area (Å²) < 4.78 is 0. The third-order valence-electron chi connectivity index (χ3n) is 4.47. The summed E-state index contributed by atoms with van der Waals surface area (Å²) in [7, 11) is 4.20. The molecule has 30 heavy (non-hydrogen) atoms. The molecule has 2 heterocycles. The Bertz CT molecular complexity index is 1060. The van der Waals surface area contributed by atoms with Gasteiger partial charge in [0, 0.05) is 23.5 Å². The van der Waals surface area contributed by atoms with Crippen molar-refractivity contribution in [3.8, 4) is 0 Å². The van der Waals surface area contributed by atoms with Gasteiger partial charge >= 0.3 is 25.2 Å². The molecule has 0 aliphatic rings. The van der Waals surface area contributed by atoms with E-state index >= 15 is 0 Å². The number of halogens is 1. The SMILES string of the molecule is [C-]#[N+]c1ccc2c(N(Cc3ccccn3)Cc3ccccn3)cccc2c1.[CH3-].[Cl][Cu]. The van der Waals surface area contributed by atoms with Gasteiger partial charge in [-0.25, -0.2) is 4.85 Å². The summed E-state index contributed by atoms with van der Waals surface area (Å²) in [4.78, 5) is 14.8. The van der Waals surface area contributed by atoms with E-state index in [9.17, 15) is 0 Å². The van der Waals surface area contributed by atoms with Crippen LogP contribution in [0, 0.1) is 14.0 Å². The summed E-state index contributed by atoms with van der Waals surface area (Å²) in [5.41, 5.74) is 3.77. The van der Waals surface area contributed by atoms with Crippen molar-refractivity contribution < 1.29 is 15.1 Å². The van der Waals surface area contributed by atoms with Crippen molar-refractivity contribution in [2.24, 2.45) is 0 Å². The zero-order valence-electron chi connectivity index (χ0n) is 16.5. The quantitative estimate of drug-likeness (QED) is 0.249. The zero-order valence-corrected chi connectivity index (χ0v) is 18.2. The van der Waals surface area contributed by atoms with E-state index in [2.05, 4.69) is 51.0 Å². The Labute approximate surface area is 190 Å². The van der Waals surface area contributed by atoms with Crippen LogP contribution in [0.2, 0.25) is 0 Å². The van der Waals surface area contributed by atoms with Crippen molar-refractivity contribution in [1.82, 2.24) is 9.97 Å². The van der Waals surface area contributed by atoms with Crippen LogP contribution in [-0.2, 0) is 28.2 Å². The number of fused-ring (bicyclic) bond motifs is 1. The Morgan fingerprint density at radius 2 is 1.47 bits per heavy atom. The first-order chi connectivity index (χ1) is 14.3. The molecule has 0 aliphatic carbocycles. The molecule has 0 saturated heterocycles. The minimum atomic E-state index is 0. The predicted molar refractivity (Wildman–Crippen MR) is 121 cm³/mol. The molecular weight excluding hydrogens is 443 g/mol. The van der Waals surface area contributed by atoms with Crippen molar-refractivity contribution in [2.75, 3.05) is 4.90 Å². The second kappa shape index (κ2) is 11.9. The molecule has 0 spiro atoms. The summed E-state index contributed by atoms with van der Waals surface area (Å²) in [6, 6.07) is 24.0. The molecule has 4 aromatic rings. The van der Waals surface area contributed by atoms with Crippen molar-refractivity contribution in [2.45, 2.75) is 13.1 Å². The number of rotatable bonds is 5. The molecule has 2 aromatic carbocycles. The van der Waals surface area contributed by atoms with Crippen molar-refractivity contribution >= 4 is 32.2 Å². The Morgan fingerprint density at radius 1 is 0.833 bits per heavy atom. The van der Waals surface area contributed by atoms with E-state index in [-0.39, 0.29) is 7.43 Å². The number of benzene rings is 2. The predicted octanol–water partition coefficient (Wildman–Crippen LogP) is 6.52. The third kappa shape index (κ3) is 5.81. The summed E-state index contributed by atoms with van der Waals surface area (Å²) in [6.07, 6.45) is 3.64. The van der Waals surface area contributed by atoms with Crippen LogP contribution in [0.25, 0.3) is 15.6 Å². The van der Waals surface area contributed by atoms with Gasteiger partial charge in [0.05, 0.1) is 31.0 Å². The van der Waals surface area contributed by atoms with Gasteiger partial charge in [0.2, 0.25) is 0 Å². The Balaban J connectivity index is 0.00000104. The monoisotopic (exact) mass is 463 g/mol. The normalized spacial score (nSPS) is 9.67. The molecule has 156 valence electrons. The van der Waals surface area contributed by atoms with Gasteiger partial charge in [-0.15, -0.1) is 0 Å². The van der Waals surface area contributed by atoms with E-state index in [0.717, 1.165) is 27.8 Å². The van der Waals surface area contributed by atoms with Gasteiger partial charge in [0.15, 0.2) is 5.69 Å². The van der Waals surface area contributed by atoms with E-state index < -0.39 is 0 Å². The van der Waals surface area contributed by atoms with Gasteiger partial charge in [-0.3, -0.25) is 9.97 Å². The van der Waals surface area contributed by atoms with Crippen LogP contribution in [0.5, 0.6) is 0 Å². The molecular formula is C24H21ClCuN4-. The molecule has 4 rings (SSSR count). The first-order valence-electron chi connectivity index (χ1n) is 8.90. The molecule has 0 atom stereocenters. The van der Waals surface area contributed by atoms with Gasteiger partial charge in [0.1, 0.15) is 0 Å². The van der Waals surface area contributed by atoms with E-state index in [4.69, 9.17) is 6.57 Å². The van der Waals surface area contributed by atoms with E-state index in [1.165, 1.54) is 0 Å². The average Bonchev–Trinajstić information content (AvgIpc) is 2.80. The molecule has 0 amide bonds. The number of aromatic nitrogens is 2. The van der Waals surface area contributed by atoms with E-state index in [1.54, 1.807) is 0 Å². The van der Waals surface area contributed by atoms with Gasteiger partial charge in [0.25, 0.3) is 0 Å². The fourth-order valence-corrected chi connectivity index (χ4v) is 3.20. The standard InChI is InChI=1S/C23H18N4.CH3.ClH.Cu/c1-24-19-11-12-22-18(15-19)7-6-10-23(22)27(16-20-8-2-4-13-25-20)17-21-9-3-5-14-26-21;;;/h2-15H,16-17H2;1H3;1H;/q;-1;;+1/p-1. The molecule has 0 bridgehead atoms. The second-order valence-electron chi connectivity index (χ2n) is 6.29. The molecule has 6 heteroatoms. The fraction of sp³-hybridized carbons (Fsp3) is 0.0833. The maximum atomic E-state index is 7.25. The summed E-state index contributed by atoms with van der Waals surface area (Å²) in [5.74, 6) is 0.